The summed E-state index contributed by atoms with van der Waals surface area (Å²) in [6, 6.07) is 59.3. The maximum atomic E-state index is 2.41. The molecule has 0 aliphatic rings. The first-order valence-electron chi connectivity index (χ1n) is 14.1. The van der Waals surface area contributed by atoms with Gasteiger partial charge >= 0.3 is 0 Å². The fourth-order valence-corrected chi connectivity index (χ4v) is 6.23. The summed E-state index contributed by atoms with van der Waals surface area (Å²) in [6.07, 6.45) is 0. The van der Waals surface area contributed by atoms with Crippen LogP contribution >= 0.6 is 0 Å². The van der Waals surface area contributed by atoms with Crippen LogP contribution < -0.4 is 4.90 Å². The molecule has 0 fully saturated rings. The Morgan fingerprint density at radius 1 is 0.317 bits per heavy atom. The number of nitrogens with zero attached hydrogens (tertiary/aromatic N) is 1. The Bertz CT molecular complexity index is 2200. The van der Waals surface area contributed by atoms with Gasteiger partial charge in [0.05, 0.1) is 5.69 Å². The van der Waals surface area contributed by atoms with E-state index in [4.69, 9.17) is 0 Å². The molecular formula is C40H27N. The molecule has 0 bridgehead atoms. The molecule has 8 rings (SSSR count). The van der Waals surface area contributed by atoms with E-state index in [-0.39, 0.29) is 0 Å². The minimum Gasteiger partial charge on any atom is -0.310 e. The van der Waals surface area contributed by atoms with Gasteiger partial charge < -0.3 is 4.90 Å². The Balaban J connectivity index is 1.36. The van der Waals surface area contributed by atoms with Crippen LogP contribution in [0.5, 0.6) is 0 Å². The van der Waals surface area contributed by atoms with Crippen molar-refractivity contribution in [3.8, 4) is 11.1 Å². The Morgan fingerprint density at radius 3 is 1.71 bits per heavy atom. The van der Waals surface area contributed by atoms with E-state index in [1.54, 1.807) is 0 Å². The molecule has 0 saturated carbocycles. The summed E-state index contributed by atoms with van der Waals surface area (Å²) in [5, 5.41) is 10.0. The number of hydrogen-bond acceptors (Lipinski definition) is 1. The van der Waals surface area contributed by atoms with Gasteiger partial charge in [0.1, 0.15) is 0 Å². The minimum atomic E-state index is 1.13. The highest BCUT2D eigenvalue weighted by Gasteiger charge is 2.18. The van der Waals surface area contributed by atoms with Crippen molar-refractivity contribution >= 4 is 60.2 Å². The number of anilines is 3. The van der Waals surface area contributed by atoms with Gasteiger partial charge in [-0.3, -0.25) is 0 Å². The summed E-state index contributed by atoms with van der Waals surface area (Å²) in [5.74, 6) is 0. The van der Waals surface area contributed by atoms with Crippen molar-refractivity contribution in [3.63, 3.8) is 0 Å². The standard InChI is InChI=1S/C40H27N/c1-2-12-31-26-34(25-20-28(31)10-1)41(40-27-32-13-4-6-16-37(32)38-17-7-8-18-39(38)40)33-23-21-30(22-24-33)36-19-9-14-29-11-3-5-15-35(29)36/h1-27H. The zero-order valence-electron chi connectivity index (χ0n) is 22.5. The van der Waals surface area contributed by atoms with E-state index in [2.05, 4.69) is 169 Å². The first kappa shape index (κ1) is 23.5. The molecule has 0 unspecified atom stereocenters. The fraction of sp³-hybridized carbons (Fsp3) is 0. The molecule has 0 atom stereocenters. The van der Waals surface area contributed by atoms with Gasteiger partial charge in [-0.1, -0.05) is 133 Å². The number of hydrogen-bond donors (Lipinski definition) is 0. The molecular weight excluding hydrogens is 494 g/mol. The molecule has 41 heavy (non-hydrogen) atoms. The first-order chi connectivity index (χ1) is 20.3. The molecule has 192 valence electrons. The van der Waals surface area contributed by atoms with Crippen molar-refractivity contribution in [2.24, 2.45) is 0 Å². The topological polar surface area (TPSA) is 3.24 Å². The van der Waals surface area contributed by atoms with Crippen LogP contribution in [0.1, 0.15) is 0 Å². The van der Waals surface area contributed by atoms with Crippen molar-refractivity contribution in [2.45, 2.75) is 0 Å². The first-order valence-corrected chi connectivity index (χ1v) is 14.1. The second kappa shape index (κ2) is 9.66. The normalized spacial score (nSPS) is 11.4. The highest BCUT2D eigenvalue weighted by molar-refractivity contribution is 6.14. The zero-order chi connectivity index (χ0) is 27.2. The molecule has 8 aromatic carbocycles. The third-order valence-corrected chi connectivity index (χ3v) is 8.20. The van der Waals surface area contributed by atoms with Crippen LogP contribution in [0.15, 0.2) is 164 Å². The van der Waals surface area contributed by atoms with Crippen molar-refractivity contribution in [1.82, 2.24) is 0 Å². The smallest absolute Gasteiger partial charge is 0.0546 e. The predicted octanol–water partition coefficient (Wildman–Crippen LogP) is 11.4. The number of benzene rings is 8. The molecule has 8 aromatic rings. The van der Waals surface area contributed by atoms with Crippen molar-refractivity contribution in [1.29, 1.82) is 0 Å². The predicted molar refractivity (Wildman–Crippen MR) is 177 cm³/mol. The summed E-state index contributed by atoms with van der Waals surface area (Å²) in [7, 11) is 0. The van der Waals surface area contributed by atoms with E-state index in [0.29, 0.717) is 0 Å². The van der Waals surface area contributed by atoms with Gasteiger partial charge in [-0.15, -0.1) is 0 Å². The third kappa shape index (κ3) is 4.02. The second-order valence-corrected chi connectivity index (χ2v) is 10.6. The van der Waals surface area contributed by atoms with Gasteiger partial charge in [-0.2, -0.15) is 0 Å². The molecule has 0 saturated heterocycles. The van der Waals surface area contributed by atoms with Gasteiger partial charge in [-0.05, 0) is 79.2 Å². The van der Waals surface area contributed by atoms with E-state index in [1.807, 2.05) is 0 Å². The monoisotopic (exact) mass is 521 g/mol. The van der Waals surface area contributed by atoms with Gasteiger partial charge in [0.2, 0.25) is 0 Å². The summed E-state index contributed by atoms with van der Waals surface area (Å²) < 4.78 is 0. The third-order valence-electron chi connectivity index (χ3n) is 8.20. The van der Waals surface area contributed by atoms with Crippen molar-refractivity contribution in [2.75, 3.05) is 4.90 Å². The van der Waals surface area contributed by atoms with Crippen molar-refractivity contribution < 1.29 is 0 Å². The quantitative estimate of drug-likeness (QED) is 0.208. The maximum Gasteiger partial charge on any atom is 0.0546 e. The van der Waals surface area contributed by atoms with Crippen molar-refractivity contribution in [3.05, 3.63) is 164 Å². The van der Waals surface area contributed by atoms with Crippen LogP contribution in [0.2, 0.25) is 0 Å². The molecule has 0 amide bonds. The van der Waals surface area contributed by atoms with E-state index in [9.17, 15) is 0 Å². The SMILES string of the molecule is c1ccc2cc(N(c3ccc(-c4cccc5ccccc45)cc3)c3cc4ccccc4c4ccccc34)ccc2c1. The van der Waals surface area contributed by atoms with Crippen LogP contribution in [0, 0.1) is 0 Å². The molecule has 1 heteroatoms. The largest absolute Gasteiger partial charge is 0.310 e. The van der Waals surface area contributed by atoms with E-state index in [0.717, 1.165) is 11.4 Å². The lowest BCUT2D eigenvalue weighted by atomic mass is 9.97. The van der Waals surface area contributed by atoms with Gasteiger partial charge in [0.25, 0.3) is 0 Å². The summed E-state index contributed by atoms with van der Waals surface area (Å²) in [6.45, 7) is 0. The lowest BCUT2D eigenvalue weighted by Crippen LogP contribution is -2.10. The Kier molecular flexibility index (Phi) is 5.53. The van der Waals surface area contributed by atoms with Gasteiger partial charge in [0, 0.05) is 16.8 Å². The Labute approximate surface area is 239 Å². The Morgan fingerprint density at radius 2 is 0.902 bits per heavy atom. The number of fused-ring (bicyclic) bond motifs is 5. The second-order valence-electron chi connectivity index (χ2n) is 10.6. The Hall–Kier alpha value is -5.40. The highest BCUT2D eigenvalue weighted by atomic mass is 15.1. The molecule has 1 nitrogen and oxygen atoms in total. The molecule has 0 aromatic heterocycles. The average Bonchev–Trinajstić information content (AvgIpc) is 3.05. The molecule has 0 aliphatic carbocycles. The van der Waals surface area contributed by atoms with Crippen LogP contribution in [-0.4, -0.2) is 0 Å². The lowest BCUT2D eigenvalue weighted by molar-refractivity contribution is 1.31. The van der Waals surface area contributed by atoms with E-state index in [1.165, 1.54) is 59.9 Å². The lowest BCUT2D eigenvalue weighted by Gasteiger charge is -2.28. The zero-order valence-corrected chi connectivity index (χ0v) is 22.5. The van der Waals surface area contributed by atoms with Gasteiger partial charge in [0.15, 0.2) is 0 Å². The summed E-state index contributed by atoms with van der Waals surface area (Å²) >= 11 is 0. The van der Waals surface area contributed by atoms with E-state index < -0.39 is 0 Å². The van der Waals surface area contributed by atoms with Crippen LogP contribution in [0.25, 0.3) is 54.2 Å². The van der Waals surface area contributed by atoms with Gasteiger partial charge in [-0.25, -0.2) is 0 Å². The number of rotatable bonds is 4. The fourth-order valence-electron chi connectivity index (χ4n) is 6.23. The molecule has 0 N–H and O–H groups in total. The van der Waals surface area contributed by atoms with Crippen LogP contribution in [0.3, 0.4) is 0 Å². The molecule has 0 aliphatic heterocycles. The summed E-state index contributed by atoms with van der Waals surface area (Å²) in [4.78, 5) is 2.41. The van der Waals surface area contributed by atoms with Crippen LogP contribution in [-0.2, 0) is 0 Å². The molecule has 0 radical (unpaired) electrons. The van der Waals surface area contributed by atoms with Crippen LogP contribution in [0.4, 0.5) is 17.1 Å². The highest BCUT2D eigenvalue weighted by Crippen LogP contribution is 2.43. The summed E-state index contributed by atoms with van der Waals surface area (Å²) in [5.41, 5.74) is 5.91. The van der Waals surface area contributed by atoms with E-state index >= 15 is 0 Å². The molecule has 0 heterocycles. The maximum absolute atomic E-state index is 2.41. The minimum absolute atomic E-state index is 1.13. The average molecular weight is 522 g/mol. The molecule has 0 spiro atoms.